The standard InChI is InChI=1S/C18H36N2O3/c1-6-7-8-13(4)14(5)15(10-17(21)22)11-20-18(23)16(19)9-12(2)3/h12-16H,6-11,19H2,1-5H3,(H,20,23)(H,21,22)/t13?,14?,15?,16-/m0/s1. The second kappa shape index (κ2) is 11.4. The molecule has 4 N–H and O–H groups in total. The van der Waals surface area contributed by atoms with Gasteiger partial charge in [0.15, 0.2) is 0 Å². The quantitative estimate of drug-likeness (QED) is 0.513. The zero-order valence-electron chi connectivity index (χ0n) is 15.5. The Labute approximate surface area is 141 Å². The summed E-state index contributed by atoms with van der Waals surface area (Å²) in [4.78, 5) is 23.2. The summed E-state index contributed by atoms with van der Waals surface area (Å²) in [7, 11) is 0. The average molecular weight is 328 g/mol. The summed E-state index contributed by atoms with van der Waals surface area (Å²) in [5.74, 6) is 0.000643. The van der Waals surface area contributed by atoms with Crippen LogP contribution in [-0.4, -0.2) is 29.6 Å². The van der Waals surface area contributed by atoms with Crippen molar-refractivity contribution in [2.24, 2.45) is 29.4 Å². The Balaban J connectivity index is 4.60. The first kappa shape index (κ1) is 21.9. The minimum Gasteiger partial charge on any atom is -0.481 e. The maximum Gasteiger partial charge on any atom is 0.303 e. The van der Waals surface area contributed by atoms with Gasteiger partial charge in [0.25, 0.3) is 0 Å². The molecule has 0 aliphatic carbocycles. The highest BCUT2D eigenvalue weighted by Gasteiger charge is 2.26. The van der Waals surface area contributed by atoms with Gasteiger partial charge in [0.05, 0.1) is 12.5 Å². The Hall–Kier alpha value is -1.10. The van der Waals surface area contributed by atoms with Gasteiger partial charge in [0.1, 0.15) is 0 Å². The molecule has 4 atom stereocenters. The number of nitrogens with one attached hydrogen (secondary N) is 1. The molecule has 0 spiro atoms. The highest BCUT2D eigenvalue weighted by molar-refractivity contribution is 5.81. The lowest BCUT2D eigenvalue weighted by Gasteiger charge is -2.28. The number of nitrogens with two attached hydrogens (primary N) is 1. The van der Waals surface area contributed by atoms with Gasteiger partial charge in [-0.2, -0.15) is 0 Å². The lowest BCUT2D eigenvalue weighted by molar-refractivity contribution is -0.139. The molecular weight excluding hydrogens is 292 g/mol. The molecule has 5 nitrogen and oxygen atoms in total. The van der Waals surface area contributed by atoms with E-state index in [0.29, 0.717) is 24.8 Å². The third-order valence-corrected chi connectivity index (χ3v) is 4.69. The van der Waals surface area contributed by atoms with Gasteiger partial charge in [-0.05, 0) is 30.1 Å². The van der Waals surface area contributed by atoms with E-state index < -0.39 is 12.0 Å². The van der Waals surface area contributed by atoms with E-state index in [1.165, 1.54) is 0 Å². The SMILES string of the molecule is CCCCC(C)C(C)C(CNC(=O)[C@@H](N)CC(C)C)CC(=O)O. The van der Waals surface area contributed by atoms with E-state index in [4.69, 9.17) is 10.8 Å². The van der Waals surface area contributed by atoms with Crippen molar-refractivity contribution in [3.05, 3.63) is 0 Å². The van der Waals surface area contributed by atoms with Gasteiger partial charge in [-0.15, -0.1) is 0 Å². The molecule has 0 fully saturated rings. The zero-order chi connectivity index (χ0) is 18.0. The molecular formula is C18H36N2O3. The molecule has 136 valence electrons. The molecule has 0 heterocycles. The molecule has 5 heteroatoms. The lowest BCUT2D eigenvalue weighted by Crippen LogP contribution is -2.44. The molecule has 0 radical (unpaired) electrons. The molecule has 0 aliphatic rings. The van der Waals surface area contributed by atoms with Crippen molar-refractivity contribution in [3.63, 3.8) is 0 Å². The molecule has 0 saturated carbocycles. The smallest absolute Gasteiger partial charge is 0.303 e. The molecule has 0 aliphatic heterocycles. The van der Waals surface area contributed by atoms with Crippen molar-refractivity contribution in [3.8, 4) is 0 Å². The Bertz CT molecular complexity index is 358. The monoisotopic (exact) mass is 328 g/mol. The first-order chi connectivity index (χ1) is 10.7. The molecule has 0 aromatic carbocycles. The zero-order valence-corrected chi connectivity index (χ0v) is 15.5. The van der Waals surface area contributed by atoms with Crippen molar-refractivity contribution in [2.75, 3.05) is 6.54 Å². The Morgan fingerprint density at radius 1 is 1.17 bits per heavy atom. The number of amides is 1. The molecule has 0 aromatic rings. The fraction of sp³-hybridized carbons (Fsp3) is 0.889. The molecule has 0 bridgehead atoms. The maximum absolute atomic E-state index is 12.0. The minimum absolute atomic E-state index is 0.0606. The van der Waals surface area contributed by atoms with E-state index in [9.17, 15) is 9.59 Å². The summed E-state index contributed by atoms with van der Waals surface area (Å²) in [6.45, 7) is 10.8. The minimum atomic E-state index is -0.815. The third kappa shape index (κ3) is 9.59. The number of unbranched alkanes of at least 4 members (excludes halogenated alkanes) is 1. The second-order valence-electron chi connectivity index (χ2n) is 7.32. The van der Waals surface area contributed by atoms with Crippen molar-refractivity contribution in [2.45, 2.75) is 72.8 Å². The number of carbonyl (C=O) groups is 2. The highest BCUT2D eigenvalue weighted by Crippen LogP contribution is 2.27. The van der Waals surface area contributed by atoms with Crippen molar-refractivity contribution in [1.82, 2.24) is 5.32 Å². The van der Waals surface area contributed by atoms with Crippen molar-refractivity contribution in [1.29, 1.82) is 0 Å². The maximum atomic E-state index is 12.0. The van der Waals surface area contributed by atoms with E-state index in [-0.39, 0.29) is 24.2 Å². The largest absolute Gasteiger partial charge is 0.481 e. The van der Waals surface area contributed by atoms with Gasteiger partial charge in [0.2, 0.25) is 5.91 Å². The summed E-state index contributed by atoms with van der Waals surface area (Å²) in [5.41, 5.74) is 5.88. The number of aliphatic carboxylic acids is 1. The van der Waals surface area contributed by atoms with Crippen LogP contribution in [0.1, 0.15) is 66.7 Å². The predicted octanol–water partition coefficient (Wildman–Crippen LogP) is 3.03. The van der Waals surface area contributed by atoms with Crippen molar-refractivity contribution >= 4 is 11.9 Å². The number of rotatable bonds is 12. The number of hydrogen-bond donors (Lipinski definition) is 3. The lowest BCUT2D eigenvalue weighted by atomic mass is 9.79. The fourth-order valence-electron chi connectivity index (χ4n) is 2.90. The molecule has 1 amide bonds. The van der Waals surface area contributed by atoms with Gasteiger partial charge in [-0.25, -0.2) is 0 Å². The summed E-state index contributed by atoms with van der Waals surface area (Å²) in [6, 6.07) is -0.520. The van der Waals surface area contributed by atoms with Crippen LogP contribution in [0.5, 0.6) is 0 Å². The summed E-state index contributed by atoms with van der Waals surface area (Å²) < 4.78 is 0. The van der Waals surface area contributed by atoms with Gasteiger partial charge in [-0.3, -0.25) is 9.59 Å². The molecule has 0 saturated heterocycles. The van der Waals surface area contributed by atoms with Crippen LogP contribution in [0.25, 0.3) is 0 Å². The molecule has 23 heavy (non-hydrogen) atoms. The first-order valence-electron chi connectivity index (χ1n) is 8.94. The van der Waals surface area contributed by atoms with Crippen LogP contribution in [0.15, 0.2) is 0 Å². The van der Waals surface area contributed by atoms with Gasteiger partial charge >= 0.3 is 5.97 Å². The normalized spacial score (nSPS) is 16.7. The topological polar surface area (TPSA) is 92.4 Å². The van der Waals surface area contributed by atoms with Crippen LogP contribution in [0.2, 0.25) is 0 Å². The van der Waals surface area contributed by atoms with Crippen LogP contribution >= 0.6 is 0 Å². The van der Waals surface area contributed by atoms with Crippen LogP contribution in [0.4, 0.5) is 0 Å². The highest BCUT2D eigenvalue weighted by atomic mass is 16.4. The fourth-order valence-corrected chi connectivity index (χ4v) is 2.90. The number of carboxylic acid groups (broad SMARTS) is 1. The number of hydrogen-bond acceptors (Lipinski definition) is 3. The van der Waals surface area contributed by atoms with E-state index in [0.717, 1.165) is 19.3 Å². The van der Waals surface area contributed by atoms with E-state index in [1.54, 1.807) is 0 Å². The van der Waals surface area contributed by atoms with Gasteiger partial charge in [0, 0.05) is 6.54 Å². The van der Waals surface area contributed by atoms with Crippen LogP contribution < -0.4 is 11.1 Å². The molecule has 3 unspecified atom stereocenters. The summed E-state index contributed by atoms with van der Waals surface area (Å²) >= 11 is 0. The summed E-state index contributed by atoms with van der Waals surface area (Å²) in [6.07, 6.45) is 4.10. The van der Waals surface area contributed by atoms with Crippen LogP contribution in [-0.2, 0) is 9.59 Å². The molecule has 0 aromatic heterocycles. The van der Waals surface area contributed by atoms with Gasteiger partial charge < -0.3 is 16.2 Å². The Kier molecular flexibility index (Phi) is 10.9. The first-order valence-corrected chi connectivity index (χ1v) is 8.94. The average Bonchev–Trinajstić information content (AvgIpc) is 2.46. The van der Waals surface area contributed by atoms with E-state index >= 15 is 0 Å². The third-order valence-electron chi connectivity index (χ3n) is 4.69. The van der Waals surface area contributed by atoms with E-state index in [2.05, 4.69) is 26.1 Å². The predicted molar refractivity (Wildman–Crippen MR) is 94.0 cm³/mol. The summed E-state index contributed by atoms with van der Waals surface area (Å²) in [5, 5.41) is 12.0. The van der Waals surface area contributed by atoms with Gasteiger partial charge in [-0.1, -0.05) is 53.9 Å². The van der Waals surface area contributed by atoms with Crippen molar-refractivity contribution < 1.29 is 14.7 Å². The molecule has 0 rings (SSSR count). The number of carboxylic acids is 1. The van der Waals surface area contributed by atoms with E-state index in [1.807, 2.05) is 13.8 Å². The van der Waals surface area contributed by atoms with Crippen LogP contribution in [0.3, 0.4) is 0 Å². The Morgan fingerprint density at radius 3 is 2.26 bits per heavy atom. The second-order valence-corrected chi connectivity index (χ2v) is 7.32. The Morgan fingerprint density at radius 2 is 1.78 bits per heavy atom. The van der Waals surface area contributed by atoms with Crippen LogP contribution in [0, 0.1) is 23.7 Å². The number of carbonyl (C=O) groups excluding carboxylic acids is 1.